The summed E-state index contributed by atoms with van der Waals surface area (Å²) in [5.74, 6) is 3.38. The van der Waals surface area contributed by atoms with Crippen LogP contribution in [-0.4, -0.2) is 39.6 Å². The van der Waals surface area contributed by atoms with Crippen LogP contribution >= 0.6 is 11.6 Å². The third kappa shape index (κ3) is 4.43. The van der Waals surface area contributed by atoms with Crippen LogP contribution in [0.5, 0.6) is 28.7 Å². The molecule has 0 saturated heterocycles. The molecule has 0 radical (unpaired) electrons. The molecule has 176 valence electrons. The smallest absolute Gasteiger partial charge is 0.231 e. The Kier molecular flexibility index (Phi) is 6.11. The van der Waals surface area contributed by atoms with Gasteiger partial charge in [0.2, 0.25) is 12.7 Å². The van der Waals surface area contributed by atoms with Gasteiger partial charge >= 0.3 is 0 Å². The average molecular weight is 482 g/mol. The van der Waals surface area contributed by atoms with E-state index in [-0.39, 0.29) is 25.2 Å². The van der Waals surface area contributed by atoms with Gasteiger partial charge in [0.25, 0.3) is 0 Å². The molecule has 1 atom stereocenters. The van der Waals surface area contributed by atoms with Gasteiger partial charge < -0.3 is 29.0 Å². The lowest BCUT2D eigenvalue weighted by atomic mass is 9.99. The summed E-state index contributed by atoms with van der Waals surface area (Å²) in [5, 5.41) is 3.48. The molecule has 5 rings (SSSR count). The monoisotopic (exact) mass is 481 g/mol. The van der Waals surface area contributed by atoms with Crippen molar-refractivity contribution in [2.45, 2.75) is 18.9 Å². The summed E-state index contributed by atoms with van der Waals surface area (Å²) in [6.07, 6.45) is 0.687. The van der Waals surface area contributed by atoms with Gasteiger partial charge in [-0.15, -0.1) is 0 Å². The molecule has 0 spiro atoms. The van der Waals surface area contributed by atoms with Crippen LogP contribution in [0.25, 0.3) is 11.1 Å². The highest BCUT2D eigenvalue weighted by Crippen LogP contribution is 2.42. The zero-order chi connectivity index (χ0) is 23.7. The molecule has 3 aromatic carbocycles. The van der Waals surface area contributed by atoms with Gasteiger partial charge in [-0.2, -0.15) is 0 Å². The standard InChI is InChI=1S/C26H24ClNO6/c1-30-18-4-6-22(31-2)20(12-18)16-9-17-10-19(34-26(17)21(27)11-16)13-28-25(29)8-15-3-5-23-24(7-15)33-14-32-23/h3-7,9,11-12,19H,8,10,13-14H2,1-2H3,(H,28,29)/t19-/m1/s1. The van der Waals surface area contributed by atoms with Gasteiger partial charge in [0.1, 0.15) is 23.4 Å². The Morgan fingerprint density at radius 2 is 1.91 bits per heavy atom. The van der Waals surface area contributed by atoms with Gasteiger partial charge in [-0.1, -0.05) is 17.7 Å². The molecular formula is C26H24ClNO6. The Morgan fingerprint density at radius 3 is 2.74 bits per heavy atom. The maximum atomic E-state index is 12.5. The second kappa shape index (κ2) is 9.35. The highest BCUT2D eigenvalue weighted by molar-refractivity contribution is 6.32. The number of rotatable bonds is 7. The van der Waals surface area contributed by atoms with Gasteiger partial charge in [-0.3, -0.25) is 4.79 Å². The molecular weight excluding hydrogens is 458 g/mol. The molecule has 1 amide bonds. The molecule has 2 aliphatic rings. The van der Waals surface area contributed by atoms with E-state index in [0.717, 1.165) is 33.8 Å². The second-order valence-corrected chi connectivity index (χ2v) is 8.53. The molecule has 2 heterocycles. The van der Waals surface area contributed by atoms with Crippen LogP contribution in [0.2, 0.25) is 5.02 Å². The predicted octanol–water partition coefficient (Wildman–Crippen LogP) is 4.42. The van der Waals surface area contributed by atoms with Crippen molar-refractivity contribution < 1.29 is 28.5 Å². The van der Waals surface area contributed by atoms with Gasteiger partial charge in [0.15, 0.2) is 11.5 Å². The van der Waals surface area contributed by atoms with E-state index in [4.69, 9.17) is 35.3 Å². The summed E-state index contributed by atoms with van der Waals surface area (Å²) in [7, 11) is 3.26. The van der Waals surface area contributed by atoms with Gasteiger partial charge in [0.05, 0.1) is 32.2 Å². The minimum Gasteiger partial charge on any atom is -0.497 e. The minimum absolute atomic E-state index is 0.0914. The van der Waals surface area contributed by atoms with E-state index in [9.17, 15) is 4.79 Å². The summed E-state index contributed by atoms with van der Waals surface area (Å²) < 4.78 is 27.6. The van der Waals surface area contributed by atoms with E-state index >= 15 is 0 Å². The maximum absolute atomic E-state index is 12.5. The second-order valence-electron chi connectivity index (χ2n) is 8.12. The molecule has 2 aliphatic heterocycles. The molecule has 0 bridgehead atoms. The number of fused-ring (bicyclic) bond motifs is 2. The number of ether oxygens (including phenoxy) is 5. The summed E-state index contributed by atoms with van der Waals surface area (Å²) in [6, 6.07) is 15.1. The number of nitrogens with one attached hydrogen (secondary N) is 1. The van der Waals surface area contributed by atoms with Crippen LogP contribution in [0, 0.1) is 0 Å². The highest BCUT2D eigenvalue weighted by Gasteiger charge is 2.27. The first-order valence-corrected chi connectivity index (χ1v) is 11.3. The fourth-order valence-electron chi connectivity index (χ4n) is 4.22. The first kappa shape index (κ1) is 22.2. The fourth-order valence-corrected chi connectivity index (χ4v) is 4.51. The summed E-state index contributed by atoms with van der Waals surface area (Å²) in [5.41, 5.74) is 3.64. The van der Waals surface area contributed by atoms with E-state index in [2.05, 4.69) is 5.32 Å². The van der Waals surface area contributed by atoms with Crippen molar-refractivity contribution in [3.05, 3.63) is 64.7 Å². The predicted molar refractivity (Wildman–Crippen MR) is 127 cm³/mol. The summed E-state index contributed by atoms with van der Waals surface area (Å²) >= 11 is 6.57. The molecule has 1 N–H and O–H groups in total. The number of amides is 1. The van der Waals surface area contributed by atoms with E-state index in [1.54, 1.807) is 14.2 Å². The van der Waals surface area contributed by atoms with Crippen molar-refractivity contribution in [2.75, 3.05) is 27.6 Å². The molecule has 8 heteroatoms. The number of carbonyl (C=O) groups is 1. The van der Waals surface area contributed by atoms with Crippen molar-refractivity contribution in [2.24, 2.45) is 0 Å². The Balaban J connectivity index is 1.24. The summed E-state index contributed by atoms with van der Waals surface area (Å²) in [6.45, 7) is 0.589. The third-order valence-electron chi connectivity index (χ3n) is 5.90. The number of hydrogen-bond acceptors (Lipinski definition) is 6. The van der Waals surface area contributed by atoms with Crippen LogP contribution < -0.4 is 29.0 Å². The van der Waals surface area contributed by atoms with Crippen LogP contribution in [0.3, 0.4) is 0 Å². The molecule has 7 nitrogen and oxygen atoms in total. The first-order valence-electron chi connectivity index (χ1n) is 10.9. The van der Waals surface area contributed by atoms with E-state index in [1.807, 2.05) is 48.5 Å². The molecule has 0 aromatic heterocycles. The van der Waals surface area contributed by atoms with Crippen molar-refractivity contribution in [1.29, 1.82) is 0 Å². The van der Waals surface area contributed by atoms with Crippen LogP contribution in [0.1, 0.15) is 11.1 Å². The number of carbonyl (C=O) groups excluding carboxylic acids is 1. The zero-order valence-electron chi connectivity index (χ0n) is 18.9. The van der Waals surface area contributed by atoms with E-state index in [1.165, 1.54) is 0 Å². The van der Waals surface area contributed by atoms with E-state index in [0.29, 0.717) is 35.2 Å². The number of benzene rings is 3. The van der Waals surface area contributed by atoms with Crippen molar-refractivity contribution in [3.63, 3.8) is 0 Å². The van der Waals surface area contributed by atoms with E-state index < -0.39 is 0 Å². The van der Waals surface area contributed by atoms with Gasteiger partial charge in [-0.25, -0.2) is 0 Å². The SMILES string of the molecule is COc1ccc(OC)c(-c2cc(Cl)c3c(c2)C[C@H](CNC(=O)Cc2ccc4c(c2)OCO4)O3)c1. The third-order valence-corrected chi connectivity index (χ3v) is 6.18. The van der Waals surface area contributed by atoms with Crippen molar-refractivity contribution in [1.82, 2.24) is 5.32 Å². The average Bonchev–Trinajstić information content (AvgIpc) is 3.49. The molecule has 0 unspecified atom stereocenters. The zero-order valence-corrected chi connectivity index (χ0v) is 19.6. The summed E-state index contributed by atoms with van der Waals surface area (Å²) in [4.78, 5) is 12.5. The van der Waals surface area contributed by atoms with Crippen molar-refractivity contribution >= 4 is 17.5 Å². The number of methoxy groups -OCH3 is 2. The maximum Gasteiger partial charge on any atom is 0.231 e. The van der Waals surface area contributed by atoms with Gasteiger partial charge in [-0.05, 0) is 53.6 Å². The van der Waals surface area contributed by atoms with Crippen LogP contribution in [0.15, 0.2) is 48.5 Å². The topological polar surface area (TPSA) is 75.3 Å². The molecule has 0 saturated carbocycles. The Labute approximate surface area is 202 Å². The molecule has 34 heavy (non-hydrogen) atoms. The van der Waals surface area contributed by atoms with Crippen LogP contribution in [-0.2, 0) is 17.6 Å². The quantitative estimate of drug-likeness (QED) is 0.538. The number of hydrogen-bond donors (Lipinski definition) is 1. The first-order chi connectivity index (χ1) is 16.5. The Hall–Kier alpha value is -3.58. The highest BCUT2D eigenvalue weighted by atomic mass is 35.5. The minimum atomic E-state index is -0.198. The lowest BCUT2D eigenvalue weighted by Gasteiger charge is -2.13. The van der Waals surface area contributed by atoms with Crippen molar-refractivity contribution in [3.8, 4) is 39.9 Å². The van der Waals surface area contributed by atoms with Crippen LogP contribution in [0.4, 0.5) is 0 Å². The Morgan fingerprint density at radius 1 is 1.06 bits per heavy atom. The number of halogens is 1. The fraction of sp³-hybridized carbons (Fsp3) is 0.269. The largest absolute Gasteiger partial charge is 0.497 e. The molecule has 0 fully saturated rings. The lowest BCUT2D eigenvalue weighted by Crippen LogP contribution is -2.35. The lowest BCUT2D eigenvalue weighted by molar-refractivity contribution is -0.120. The molecule has 3 aromatic rings. The molecule has 0 aliphatic carbocycles. The Bertz CT molecular complexity index is 1240. The van der Waals surface area contributed by atoms with Gasteiger partial charge in [0, 0.05) is 17.5 Å². The normalized spacial score (nSPS) is 15.4.